The van der Waals surface area contributed by atoms with Crippen molar-refractivity contribution in [3.05, 3.63) is 83.4 Å². The Morgan fingerprint density at radius 2 is 1.70 bits per heavy atom. The molecule has 0 saturated carbocycles. The van der Waals surface area contributed by atoms with E-state index in [0.29, 0.717) is 24.4 Å². The topological polar surface area (TPSA) is 99.0 Å². The molecule has 0 spiro atoms. The molecule has 0 bridgehead atoms. The molecule has 0 saturated heterocycles. The molecule has 0 fully saturated rings. The van der Waals surface area contributed by atoms with Crippen LogP contribution >= 0.6 is 12.4 Å². The number of aliphatic hydroxyl groups is 1. The van der Waals surface area contributed by atoms with E-state index in [1.54, 1.807) is 42.5 Å². The van der Waals surface area contributed by atoms with Crippen molar-refractivity contribution in [1.29, 1.82) is 0 Å². The highest BCUT2D eigenvalue weighted by Crippen LogP contribution is 2.28. The molecular weight excluding hydrogens is 442 g/mol. The third kappa shape index (κ3) is 7.49. The predicted molar refractivity (Wildman–Crippen MR) is 131 cm³/mol. The average molecular weight is 472 g/mol. The molecule has 4 N–H and O–H groups in total. The average Bonchev–Trinajstić information content (AvgIpc) is 2.76. The lowest BCUT2D eigenvalue weighted by atomic mass is 10.0. The van der Waals surface area contributed by atoms with Crippen LogP contribution in [0.25, 0.3) is 11.1 Å². The molecule has 0 unspecified atom stereocenters. The fourth-order valence-electron chi connectivity index (χ4n) is 3.42. The summed E-state index contributed by atoms with van der Waals surface area (Å²) >= 11 is 0. The van der Waals surface area contributed by atoms with Crippen molar-refractivity contribution in [2.75, 3.05) is 13.1 Å². The van der Waals surface area contributed by atoms with Crippen molar-refractivity contribution in [3.8, 4) is 22.6 Å². The molecule has 33 heavy (non-hydrogen) atoms. The van der Waals surface area contributed by atoms with Crippen LogP contribution in [0.2, 0.25) is 0 Å². The summed E-state index contributed by atoms with van der Waals surface area (Å²) in [7, 11) is 0. The zero-order chi connectivity index (χ0) is 23.1. The second-order valence-corrected chi connectivity index (χ2v) is 7.94. The van der Waals surface area contributed by atoms with Crippen molar-refractivity contribution in [2.24, 2.45) is 0 Å². The molecule has 6 nitrogen and oxygen atoms in total. The summed E-state index contributed by atoms with van der Waals surface area (Å²) in [6, 6.07) is 19.8. The number of halogens is 1. The molecular formula is C26H30ClNO5. The van der Waals surface area contributed by atoms with Crippen molar-refractivity contribution in [1.82, 2.24) is 5.32 Å². The van der Waals surface area contributed by atoms with Gasteiger partial charge in [0.2, 0.25) is 0 Å². The van der Waals surface area contributed by atoms with Gasteiger partial charge in [-0.2, -0.15) is 0 Å². The van der Waals surface area contributed by atoms with Crippen LogP contribution < -0.4 is 10.1 Å². The van der Waals surface area contributed by atoms with Crippen molar-refractivity contribution in [3.63, 3.8) is 0 Å². The third-order valence-electron chi connectivity index (χ3n) is 5.05. The molecule has 1 atom stereocenters. The Labute approximate surface area is 200 Å². The molecule has 0 aliphatic rings. The van der Waals surface area contributed by atoms with E-state index in [1.165, 1.54) is 0 Å². The summed E-state index contributed by atoms with van der Waals surface area (Å²) in [5, 5.41) is 32.3. The Morgan fingerprint density at radius 3 is 2.33 bits per heavy atom. The number of ether oxygens (including phenoxy) is 1. The first-order chi connectivity index (χ1) is 15.3. The Kier molecular flexibility index (Phi) is 9.73. The SMILES string of the molecule is CC(C)Oc1cc(-c2ccc(CCNC[C@@H](O)c3cccc(O)c3)cc2)ccc1C(=O)O.Cl. The van der Waals surface area contributed by atoms with Crippen LogP contribution in [0.1, 0.15) is 41.4 Å². The summed E-state index contributed by atoms with van der Waals surface area (Å²) in [6.07, 6.45) is -0.00277. The van der Waals surface area contributed by atoms with Gasteiger partial charge in [0.15, 0.2) is 0 Å². The minimum atomic E-state index is -1.01. The van der Waals surface area contributed by atoms with Crippen LogP contribution in [-0.4, -0.2) is 40.5 Å². The number of hydrogen-bond acceptors (Lipinski definition) is 5. The lowest BCUT2D eigenvalue weighted by Crippen LogP contribution is -2.23. The fourth-order valence-corrected chi connectivity index (χ4v) is 3.42. The summed E-state index contributed by atoms with van der Waals surface area (Å²) in [5.74, 6) is -0.505. The second-order valence-electron chi connectivity index (χ2n) is 7.94. The van der Waals surface area contributed by atoms with Crippen LogP contribution in [-0.2, 0) is 6.42 Å². The molecule has 0 heterocycles. The minimum Gasteiger partial charge on any atom is -0.508 e. The number of aromatic hydroxyl groups is 1. The summed E-state index contributed by atoms with van der Waals surface area (Å²) in [5.41, 5.74) is 3.85. The van der Waals surface area contributed by atoms with Gasteiger partial charge in [0, 0.05) is 6.54 Å². The number of hydrogen-bond donors (Lipinski definition) is 4. The number of aliphatic hydroxyl groups excluding tert-OH is 1. The largest absolute Gasteiger partial charge is 0.508 e. The molecule has 7 heteroatoms. The Morgan fingerprint density at radius 1 is 1.00 bits per heavy atom. The molecule has 3 aromatic carbocycles. The van der Waals surface area contributed by atoms with E-state index in [1.807, 2.05) is 38.1 Å². The Balaban J connectivity index is 0.00000385. The Bertz CT molecular complexity index is 1050. The molecule has 176 valence electrons. The van der Waals surface area contributed by atoms with E-state index in [9.17, 15) is 20.1 Å². The van der Waals surface area contributed by atoms with Crippen LogP contribution in [0.4, 0.5) is 0 Å². The van der Waals surface area contributed by atoms with E-state index >= 15 is 0 Å². The standard InChI is InChI=1S/C26H29NO5.ClH/c1-17(2)32-25-15-20(10-11-23(25)26(30)31)19-8-6-18(7-9-19)12-13-27-16-24(29)21-4-3-5-22(28)14-21;/h3-11,14-15,17,24,27-29H,12-13,16H2,1-2H3,(H,30,31);1H/t24-;/m1./s1. The number of rotatable bonds is 10. The van der Waals surface area contributed by atoms with Crippen LogP contribution in [0, 0.1) is 0 Å². The number of aromatic carboxylic acids is 1. The lowest BCUT2D eigenvalue weighted by molar-refractivity contribution is 0.0690. The predicted octanol–water partition coefficient (Wildman–Crippen LogP) is 4.83. The van der Waals surface area contributed by atoms with Crippen LogP contribution in [0.3, 0.4) is 0 Å². The maximum atomic E-state index is 11.4. The van der Waals surface area contributed by atoms with E-state index in [0.717, 1.165) is 23.1 Å². The number of carboxylic acid groups (broad SMARTS) is 1. The van der Waals surface area contributed by atoms with Crippen LogP contribution in [0.15, 0.2) is 66.7 Å². The Hall–Kier alpha value is -3.06. The number of nitrogens with one attached hydrogen (secondary N) is 1. The minimum absolute atomic E-state index is 0. The normalized spacial score (nSPS) is 11.6. The van der Waals surface area contributed by atoms with Gasteiger partial charge in [-0.3, -0.25) is 0 Å². The number of benzene rings is 3. The van der Waals surface area contributed by atoms with Gasteiger partial charge in [0.25, 0.3) is 0 Å². The highest BCUT2D eigenvalue weighted by Gasteiger charge is 2.14. The van der Waals surface area contributed by atoms with E-state index in [4.69, 9.17) is 4.74 Å². The van der Waals surface area contributed by atoms with Crippen molar-refractivity contribution in [2.45, 2.75) is 32.5 Å². The monoisotopic (exact) mass is 471 g/mol. The van der Waals surface area contributed by atoms with Crippen molar-refractivity contribution < 1.29 is 24.9 Å². The maximum Gasteiger partial charge on any atom is 0.339 e. The number of carbonyl (C=O) groups is 1. The number of phenolic OH excluding ortho intramolecular Hbond substituents is 1. The lowest BCUT2D eigenvalue weighted by Gasteiger charge is -2.14. The van der Waals surface area contributed by atoms with E-state index < -0.39 is 12.1 Å². The van der Waals surface area contributed by atoms with Gasteiger partial charge in [-0.1, -0.05) is 42.5 Å². The van der Waals surface area contributed by atoms with Gasteiger partial charge in [0.05, 0.1) is 12.2 Å². The highest BCUT2D eigenvalue weighted by molar-refractivity contribution is 5.92. The number of phenols is 1. The number of carboxylic acids is 1. The van der Waals surface area contributed by atoms with Crippen molar-refractivity contribution >= 4 is 18.4 Å². The molecule has 0 aromatic heterocycles. The van der Waals surface area contributed by atoms with Crippen LogP contribution in [0.5, 0.6) is 11.5 Å². The fraction of sp³-hybridized carbons (Fsp3) is 0.269. The molecule has 0 amide bonds. The van der Waals surface area contributed by atoms with E-state index in [-0.39, 0.29) is 29.8 Å². The third-order valence-corrected chi connectivity index (χ3v) is 5.05. The first kappa shape index (κ1) is 26.2. The van der Waals surface area contributed by atoms with Gasteiger partial charge in [-0.15, -0.1) is 12.4 Å². The van der Waals surface area contributed by atoms with Gasteiger partial charge in [-0.25, -0.2) is 4.79 Å². The zero-order valence-corrected chi connectivity index (χ0v) is 19.5. The zero-order valence-electron chi connectivity index (χ0n) is 18.7. The maximum absolute atomic E-state index is 11.4. The molecule has 0 radical (unpaired) electrons. The highest BCUT2D eigenvalue weighted by atomic mass is 35.5. The van der Waals surface area contributed by atoms with Gasteiger partial charge in [-0.05, 0) is 73.3 Å². The summed E-state index contributed by atoms with van der Waals surface area (Å²) in [4.78, 5) is 11.4. The van der Waals surface area contributed by atoms with Gasteiger partial charge < -0.3 is 25.4 Å². The van der Waals surface area contributed by atoms with E-state index in [2.05, 4.69) is 5.32 Å². The second kappa shape index (κ2) is 12.3. The van der Waals surface area contributed by atoms with Gasteiger partial charge >= 0.3 is 5.97 Å². The smallest absolute Gasteiger partial charge is 0.339 e. The summed E-state index contributed by atoms with van der Waals surface area (Å²) < 4.78 is 5.69. The van der Waals surface area contributed by atoms with Gasteiger partial charge in [0.1, 0.15) is 17.1 Å². The molecule has 0 aliphatic heterocycles. The molecule has 3 rings (SSSR count). The quantitative estimate of drug-likeness (QED) is 0.316. The molecule has 0 aliphatic carbocycles. The molecule has 3 aromatic rings. The summed E-state index contributed by atoms with van der Waals surface area (Å²) in [6.45, 7) is 4.83. The first-order valence-electron chi connectivity index (χ1n) is 10.6. The first-order valence-corrected chi connectivity index (χ1v) is 10.6.